The Kier molecular flexibility index (Phi) is 7.71. The minimum Gasteiger partial charge on any atom is -0.466 e. The number of fused-ring (bicyclic) bond motifs is 1. The lowest BCUT2D eigenvalue weighted by Gasteiger charge is -2.35. The van der Waals surface area contributed by atoms with Gasteiger partial charge in [-0.05, 0) is 68.2 Å². The predicted molar refractivity (Wildman–Crippen MR) is 124 cm³/mol. The molecule has 33 heavy (non-hydrogen) atoms. The highest BCUT2D eigenvalue weighted by Crippen LogP contribution is 2.30. The number of hydrogen-bond acceptors (Lipinski definition) is 6. The number of sulfonamides is 1. The lowest BCUT2D eigenvalue weighted by molar-refractivity contribution is -0.144. The van der Waals surface area contributed by atoms with Crippen LogP contribution >= 0.6 is 0 Å². The van der Waals surface area contributed by atoms with Gasteiger partial charge in [0.05, 0.1) is 24.5 Å². The monoisotopic (exact) mass is 477 g/mol. The minimum atomic E-state index is -3.55. The van der Waals surface area contributed by atoms with E-state index in [9.17, 15) is 18.0 Å². The molecule has 1 saturated heterocycles. The summed E-state index contributed by atoms with van der Waals surface area (Å²) >= 11 is 0. The first-order chi connectivity index (χ1) is 15.9. The van der Waals surface area contributed by atoms with Crippen LogP contribution in [0.1, 0.15) is 43.7 Å². The van der Waals surface area contributed by atoms with Crippen molar-refractivity contribution in [2.75, 3.05) is 52.4 Å². The molecule has 1 aliphatic heterocycles. The number of amides is 1. The third-order valence-corrected chi connectivity index (χ3v) is 8.70. The number of hydrogen-bond donors (Lipinski definition) is 0. The number of carbonyl (C=O) groups excluding carboxylic acids is 2. The van der Waals surface area contributed by atoms with Gasteiger partial charge in [-0.3, -0.25) is 14.5 Å². The first-order valence-electron chi connectivity index (χ1n) is 12.1. The Morgan fingerprint density at radius 3 is 2.52 bits per heavy atom. The topological polar surface area (TPSA) is 87.2 Å². The molecule has 0 bridgehead atoms. The van der Waals surface area contributed by atoms with Gasteiger partial charge in [0.25, 0.3) is 0 Å². The standard InChI is InChI=1S/C24H35N3O5S/c1-2-32-24(29)10-11-25(17-19-6-7-19)18-23(28)26-12-14-27(15-13-26)33(30,31)22-9-8-20-4-3-5-21(20)16-22/h8-9,16,19H,2-7,10-15,17-18H2,1H3. The smallest absolute Gasteiger partial charge is 0.307 e. The number of carbonyl (C=O) groups is 2. The lowest BCUT2D eigenvalue weighted by atomic mass is 10.1. The van der Waals surface area contributed by atoms with E-state index in [1.165, 1.54) is 22.7 Å². The van der Waals surface area contributed by atoms with Gasteiger partial charge in [-0.2, -0.15) is 4.31 Å². The van der Waals surface area contributed by atoms with E-state index in [0.29, 0.717) is 50.1 Å². The minimum absolute atomic E-state index is 0.00547. The second-order valence-corrected chi connectivity index (χ2v) is 11.2. The van der Waals surface area contributed by atoms with Crippen LogP contribution in [0.25, 0.3) is 0 Å². The van der Waals surface area contributed by atoms with Crippen molar-refractivity contribution in [3.8, 4) is 0 Å². The van der Waals surface area contributed by atoms with Gasteiger partial charge in [0.2, 0.25) is 15.9 Å². The van der Waals surface area contributed by atoms with Crippen LogP contribution in [0.5, 0.6) is 0 Å². The first kappa shape index (κ1) is 24.2. The van der Waals surface area contributed by atoms with Crippen LogP contribution in [0.2, 0.25) is 0 Å². The van der Waals surface area contributed by atoms with Crippen LogP contribution in [0.3, 0.4) is 0 Å². The summed E-state index contributed by atoms with van der Waals surface area (Å²) in [5.41, 5.74) is 2.39. The molecule has 0 atom stereocenters. The average Bonchev–Trinajstić information content (AvgIpc) is 3.50. The molecule has 182 valence electrons. The van der Waals surface area contributed by atoms with Gasteiger partial charge in [0.15, 0.2) is 0 Å². The summed E-state index contributed by atoms with van der Waals surface area (Å²) in [4.78, 5) is 28.8. The largest absolute Gasteiger partial charge is 0.466 e. The van der Waals surface area contributed by atoms with Crippen molar-refractivity contribution >= 4 is 21.9 Å². The molecular weight excluding hydrogens is 442 g/mol. The van der Waals surface area contributed by atoms with Gasteiger partial charge in [-0.15, -0.1) is 0 Å². The molecule has 8 nitrogen and oxygen atoms in total. The van der Waals surface area contributed by atoms with E-state index in [2.05, 4.69) is 0 Å². The number of piperazine rings is 1. The third-order valence-electron chi connectivity index (χ3n) is 6.81. The Bertz CT molecular complexity index is 968. The molecule has 1 heterocycles. The Morgan fingerprint density at radius 1 is 1.09 bits per heavy atom. The van der Waals surface area contributed by atoms with Crippen LogP contribution in [0.4, 0.5) is 0 Å². The second-order valence-electron chi connectivity index (χ2n) is 9.30. The predicted octanol–water partition coefficient (Wildman–Crippen LogP) is 1.67. The van der Waals surface area contributed by atoms with E-state index in [0.717, 1.165) is 31.4 Å². The van der Waals surface area contributed by atoms with Gasteiger partial charge in [-0.1, -0.05) is 6.07 Å². The quantitative estimate of drug-likeness (QED) is 0.477. The molecule has 0 aromatic heterocycles. The van der Waals surface area contributed by atoms with E-state index in [4.69, 9.17) is 4.74 Å². The number of aryl methyl sites for hydroxylation is 2. The lowest BCUT2D eigenvalue weighted by Crippen LogP contribution is -2.52. The fourth-order valence-corrected chi connectivity index (χ4v) is 6.18. The molecule has 1 aromatic rings. The number of esters is 1. The maximum Gasteiger partial charge on any atom is 0.307 e. The molecule has 2 fully saturated rings. The summed E-state index contributed by atoms with van der Waals surface area (Å²) in [5, 5.41) is 0. The third kappa shape index (κ3) is 6.13. The zero-order chi connectivity index (χ0) is 23.4. The molecule has 1 amide bonds. The molecule has 0 radical (unpaired) electrons. The number of nitrogens with zero attached hydrogens (tertiary/aromatic N) is 3. The molecule has 0 unspecified atom stereocenters. The Balaban J connectivity index is 1.30. The average molecular weight is 478 g/mol. The molecule has 2 aliphatic carbocycles. The van der Waals surface area contributed by atoms with E-state index in [1.807, 2.05) is 17.0 Å². The Morgan fingerprint density at radius 2 is 1.82 bits per heavy atom. The van der Waals surface area contributed by atoms with Crippen LogP contribution in [0.15, 0.2) is 23.1 Å². The molecule has 3 aliphatic rings. The fourth-order valence-electron chi connectivity index (χ4n) is 4.71. The van der Waals surface area contributed by atoms with Crippen molar-refractivity contribution < 1.29 is 22.7 Å². The summed E-state index contributed by atoms with van der Waals surface area (Å²) in [6.07, 6.45) is 5.66. The summed E-state index contributed by atoms with van der Waals surface area (Å²) in [7, 11) is -3.55. The van der Waals surface area contributed by atoms with Crippen molar-refractivity contribution in [2.45, 2.75) is 50.3 Å². The Labute approximate surface area is 196 Å². The normalized spacial score (nSPS) is 19.0. The molecular formula is C24H35N3O5S. The van der Waals surface area contributed by atoms with Gasteiger partial charge < -0.3 is 9.64 Å². The van der Waals surface area contributed by atoms with Crippen LogP contribution in [-0.4, -0.2) is 86.8 Å². The highest BCUT2D eigenvalue weighted by molar-refractivity contribution is 7.89. The van der Waals surface area contributed by atoms with Crippen molar-refractivity contribution in [3.63, 3.8) is 0 Å². The van der Waals surface area contributed by atoms with E-state index in [1.54, 1.807) is 17.9 Å². The second kappa shape index (κ2) is 10.5. The van der Waals surface area contributed by atoms with Gasteiger partial charge in [0, 0.05) is 39.3 Å². The highest BCUT2D eigenvalue weighted by atomic mass is 32.2. The Hall–Kier alpha value is -1.97. The maximum atomic E-state index is 13.1. The van der Waals surface area contributed by atoms with Crippen LogP contribution in [0, 0.1) is 5.92 Å². The zero-order valence-electron chi connectivity index (χ0n) is 19.5. The molecule has 1 saturated carbocycles. The van der Waals surface area contributed by atoms with Gasteiger partial charge in [0.1, 0.15) is 0 Å². The number of ether oxygens (including phenoxy) is 1. The molecule has 4 rings (SSSR count). The summed E-state index contributed by atoms with van der Waals surface area (Å²) in [6.45, 7) is 5.11. The first-order valence-corrected chi connectivity index (χ1v) is 13.6. The summed E-state index contributed by atoms with van der Waals surface area (Å²) in [5.74, 6) is 0.361. The van der Waals surface area contributed by atoms with Crippen molar-refractivity contribution in [1.29, 1.82) is 0 Å². The van der Waals surface area contributed by atoms with Gasteiger partial charge >= 0.3 is 5.97 Å². The van der Waals surface area contributed by atoms with E-state index >= 15 is 0 Å². The molecule has 1 aromatic carbocycles. The van der Waals surface area contributed by atoms with Crippen molar-refractivity contribution in [1.82, 2.24) is 14.1 Å². The van der Waals surface area contributed by atoms with E-state index < -0.39 is 10.0 Å². The molecule has 0 N–H and O–H groups in total. The number of benzene rings is 1. The van der Waals surface area contributed by atoms with E-state index in [-0.39, 0.29) is 24.8 Å². The summed E-state index contributed by atoms with van der Waals surface area (Å²) < 4.78 is 32.8. The van der Waals surface area contributed by atoms with Crippen LogP contribution < -0.4 is 0 Å². The molecule has 9 heteroatoms. The van der Waals surface area contributed by atoms with Crippen molar-refractivity contribution in [2.24, 2.45) is 5.92 Å². The highest BCUT2D eigenvalue weighted by Gasteiger charge is 2.32. The SMILES string of the molecule is CCOC(=O)CCN(CC(=O)N1CCN(S(=O)(=O)c2ccc3c(c2)CCC3)CC1)CC1CC1. The van der Waals surface area contributed by atoms with Crippen LogP contribution in [-0.2, 0) is 37.2 Å². The van der Waals surface area contributed by atoms with Gasteiger partial charge in [-0.25, -0.2) is 8.42 Å². The zero-order valence-corrected chi connectivity index (χ0v) is 20.3. The van der Waals surface area contributed by atoms with Crippen molar-refractivity contribution in [3.05, 3.63) is 29.3 Å². The maximum absolute atomic E-state index is 13.1. The fraction of sp³-hybridized carbons (Fsp3) is 0.667. The number of rotatable bonds is 10. The summed E-state index contributed by atoms with van der Waals surface area (Å²) in [6, 6.07) is 5.49. The molecule has 0 spiro atoms.